The summed E-state index contributed by atoms with van der Waals surface area (Å²) in [6, 6.07) is 1.87. The van der Waals surface area contributed by atoms with Gasteiger partial charge in [0.1, 0.15) is 0 Å². The van der Waals surface area contributed by atoms with Gasteiger partial charge in [-0.15, -0.1) is 0 Å². The molecule has 0 bridgehead atoms. The van der Waals surface area contributed by atoms with Crippen molar-refractivity contribution in [2.75, 3.05) is 23.4 Å². The highest BCUT2D eigenvalue weighted by molar-refractivity contribution is 14.1. The minimum Gasteiger partial charge on any atom is -0.394 e. The van der Waals surface area contributed by atoms with Gasteiger partial charge in [-0.3, -0.25) is 9.59 Å². The number of hydrogen-bond acceptors (Lipinski definition) is 4. The van der Waals surface area contributed by atoms with E-state index in [0.717, 1.165) is 10.7 Å². The van der Waals surface area contributed by atoms with E-state index in [1.54, 1.807) is 6.92 Å². The number of benzene rings is 1. The third kappa shape index (κ3) is 5.64. The molecule has 0 aliphatic carbocycles. The Labute approximate surface area is 175 Å². The summed E-state index contributed by atoms with van der Waals surface area (Å²) < 4.78 is 2.42. The van der Waals surface area contributed by atoms with Crippen LogP contribution in [0.3, 0.4) is 0 Å². The summed E-state index contributed by atoms with van der Waals surface area (Å²) in [7, 11) is 0. The Kier molecular flexibility index (Phi) is 8.97. The van der Waals surface area contributed by atoms with Gasteiger partial charge >= 0.3 is 0 Å². The molecule has 1 unspecified atom stereocenters. The molecule has 0 fully saturated rings. The van der Waals surface area contributed by atoms with Gasteiger partial charge in [0.05, 0.1) is 34.2 Å². The number of anilines is 2. The van der Waals surface area contributed by atoms with Crippen molar-refractivity contribution in [1.82, 2.24) is 0 Å². The summed E-state index contributed by atoms with van der Waals surface area (Å²) in [5.41, 5.74) is 1.27. The molecule has 0 aliphatic heterocycles. The predicted molar refractivity (Wildman–Crippen MR) is 115 cm³/mol. The molecular weight excluding hydrogens is 641 g/mol. The number of amides is 2. The average Bonchev–Trinajstić information content (AvgIpc) is 2.49. The first-order valence-electron chi connectivity index (χ1n) is 6.77. The Morgan fingerprint density at radius 3 is 2.39 bits per heavy atom. The van der Waals surface area contributed by atoms with Gasteiger partial charge in [0, 0.05) is 20.5 Å². The quantitative estimate of drug-likeness (QED) is 0.411. The fraction of sp³-hybridized carbons (Fsp3) is 0.429. The molecule has 1 rings (SSSR count). The molecule has 0 saturated carbocycles. The second kappa shape index (κ2) is 9.68. The summed E-state index contributed by atoms with van der Waals surface area (Å²) in [5.74, 6) is -0.361. The molecule has 9 heteroatoms. The normalized spacial score (nSPS) is 12.0. The molecule has 1 aromatic rings. The largest absolute Gasteiger partial charge is 0.394 e. The van der Waals surface area contributed by atoms with Crippen LogP contribution in [0.2, 0.25) is 0 Å². The number of rotatable bonds is 6. The van der Waals surface area contributed by atoms with Crippen molar-refractivity contribution < 1.29 is 19.8 Å². The second-order valence-corrected chi connectivity index (χ2v) is 8.15. The van der Waals surface area contributed by atoms with Crippen LogP contribution in [0, 0.1) is 10.7 Å². The summed E-state index contributed by atoms with van der Waals surface area (Å²) in [6.07, 6.45) is -0.675. The minimum absolute atomic E-state index is 0.0143. The van der Waals surface area contributed by atoms with E-state index in [-0.39, 0.29) is 18.4 Å². The highest BCUT2D eigenvalue weighted by Gasteiger charge is 2.24. The monoisotopic (exact) mass is 658 g/mol. The summed E-state index contributed by atoms with van der Waals surface area (Å²) in [5, 5.41) is 21.6. The number of carbonyl (C=O) groups is 2. The second-order valence-electron chi connectivity index (χ2n) is 4.75. The molecule has 1 atom stereocenters. The van der Waals surface area contributed by atoms with Gasteiger partial charge in [0.2, 0.25) is 11.8 Å². The van der Waals surface area contributed by atoms with Gasteiger partial charge in [-0.05, 0) is 73.8 Å². The van der Waals surface area contributed by atoms with Crippen molar-refractivity contribution in [3.63, 3.8) is 0 Å². The van der Waals surface area contributed by atoms with Crippen LogP contribution in [0.1, 0.15) is 20.3 Å². The van der Waals surface area contributed by atoms with Crippen molar-refractivity contribution in [1.29, 1.82) is 0 Å². The highest BCUT2D eigenvalue weighted by atomic mass is 127. The fourth-order valence-electron chi connectivity index (χ4n) is 1.82. The zero-order valence-corrected chi connectivity index (χ0v) is 19.0. The maximum Gasteiger partial charge on any atom is 0.224 e. The Hall–Kier alpha value is 0.270. The van der Waals surface area contributed by atoms with Crippen LogP contribution in [0.5, 0.6) is 0 Å². The zero-order chi connectivity index (χ0) is 17.7. The molecule has 0 spiro atoms. The smallest absolute Gasteiger partial charge is 0.224 e. The van der Waals surface area contributed by atoms with E-state index < -0.39 is 12.7 Å². The van der Waals surface area contributed by atoms with E-state index in [1.165, 1.54) is 11.8 Å². The molecule has 0 heterocycles. The molecular formula is C14H17I3N2O4. The van der Waals surface area contributed by atoms with E-state index in [0.29, 0.717) is 17.8 Å². The summed E-state index contributed by atoms with van der Waals surface area (Å²) >= 11 is 6.34. The first-order valence-corrected chi connectivity index (χ1v) is 10.0. The van der Waals surface area contributed by atoms with Crippen LogP contribution in [-0.4, -0.2) is 41.3 Å². The average molecular weight is 658 g/mol. The van der Waals surface area contributed by atoms with Crippen molar-refractivity contribution in [3.8, 4) is 0 Å². The zero-order valence-electron chi connectivity index (χ0n) is 12.6. The molecule has 0 saturated heterocycles. The van der Waals surface area contributed by atoms with Crippen molar-refractivity contribution in [2.24, 2.45) is 0 Å². The number of halogens is 3. The molecule has 3 N–H and O–H groups in total. The van der Waals surface area contributed by atoms with Gasteiger partial charge in [-0.2, -0.15) is 0 Å². The number of aliphatic hydroxyl groups is 2. The van der Waals surface area contributed by atoms with Gasteiger partial charge in [0.15, 0.2) is 0 Å². The number of nitrogens with zero attached hydrogens (tertiary/aromatic N) is 1. The standard InChI is InChI=1S/C14H17I3N2O4/c1-3-11(23)18-13-9(15)4-10(16)14(12(13)17)19(7(2)21)5-8(22)6-20/h4,8,20,22H,3,5-6H2,1-2H3,(H,18,23). The van der Waals surface area contributed by atoms with E-state index >= 15 is 0 Å². The lowest BCUT2D eigenvalue weighted by Crippen LogP contribution is -2.38. The molecule has 0 radical (unpaired) electrons. The molecule has 0 aromatic heterocycles. The molecule has 23 heavy (non-hydrogen) atoms. The lowest BCUT2D eigenvalue weighted by molar-refractivity contribution is -0.117. The Morgan fingerprint density at radius 2 is 1.91 bits per heavy atom. The first-order chi connectivity index (χ1) is 10.7. The number of nitrogens with one attached hydrogen (secondary N) is 1. The lowest BCUT2D eigenvalue weighted by Gasteiger charge is -2.27. The summed E-state index contributed by atoms with van der Waals surface area (Å²) in [4.78, 5) is 25.2. The minimum atomic E-state index is -1.03. The molecule has 0 aliphatic rings. The van der Waals surface area contributed by atoms with Gasteiger partial charge in [0.25, 0.3) is 0 Å². The van der Waals surface area contributed by atoms with Gasteiger partial charge in [-0.25, -0.2) is 0 Å². The molecule has 1 aromatic carbocycles. The topological polar surface area (TPSA) is 89.9 Å². The molecule has 128 valence electrons. The van der Waals surface area contributed by atoms with Crippen LogP contribution < -0.4 is 10.2 Å². The van der Waals surface area contributed by atoms with Crippen molar-refractivity contribution >= 4 is 91.0 Å². The Balaban J connectivity index is 3.40. The van der Waals surface area contributed by atoms with Crippen LogP contribution in [-0.2, 0) is 9.59 Å². The van der Waals surface area contributed by atoms with Crippen LogP contribution in [0.25, 0.3) is 0 Å². The number of aliphatic hydroxyl groups excluding tert-OH is 2. The van der Waals surface area contributed by atoms with E-state index in [1.807, 2.05) is 6.07 Å². The fourth-order valence-corrected chi connectivity index (χ4v) is 6.04. The number of carbonyl (C=O) groups excluding carboxylic acids is 2. The lowest BCUT2D eigenvalue weighted by atomic mass is 10.2. The third-order valence-corrected chi connectivity index (χ3v) is 5.71. The van der Waals surface area contributed by atoms with Gasteiger partial charge < -0.3 is 20.4 Å². The third-order valence-electron chi connectivity index (χ3n) is 2.99. The van der Waals surface area contributed by atoms with Crippen molar-refractivity contribution in [3.05, 3.63) is 16.8 Å². The SMILES string of the molecule is CCC(=O)Nc1c(I)cc(I)c(N(CC(O)CO)C(C)=O)c1I. The van der Waals surface area contributed by atoms with E-state index in [2.05, 4.69) is 73.1 Å². The van der Waals surface area contributed by atoms with Crippen LogP contribution in [0.15, 0.2) is 6.07 Å². The van der Waals surface area contributed by atoms with Crippen LogP contribution >= 0.6 is 67.8 Å². The van der Waals surface area contributed by atoms with Crippen molar-refractivity contribution in [2.45, 2.75) is 26.4 Å². The predicted octanol–water partition coefficient (Wildman–Crippen LogP) is 2.56. The maximum atomic E-state index is 12.0. The van der Waals surface area contributed by atoms with E-state index in [4.69, 9.17) is 5.11 Å². The van der Waals surface area contributed by atoms with E-state index in [9.17, 15) is 14.7 Å². The number of hydrogen-bond donors (Lipinski definition) is 3. The Bertz CT molecular complexity index is 610. The summed E-state index contributed by atoms with van der Waals surface area (Å²) in [6.45, 7) is 2.72. The molecule has 6 nitrogen and oxygen atoms in total. The Morgan fingerprint density at radius 1 is 1.30 bits per heavy atom. The maximum absolute atomic E-state index is 12.0. The van der Waals surface area contributed by atoms with Crippen LogP contribution in [0.4, 0.5) is 11.4 Å². The van der Waals surface area contributed by atoms with Gasteiger partial charge in [-0.1, -0.05) is 6.92 Å². The first kappa shape index (κ1) is 21.3. The highest BCUT2D eigenvalue weighted by Crippen LogP contribution is 2.37. The molecule has 2 amide bonds.